The van der Waals surface area contributed by atoms with E-state index in [2.05, 4.69) is 32.9 Å². The third kappa shape index (κ3) is 6.25. The maximum atomic E-state index is 12.7. The van der Waals surface area contributed by atoms with Gasteiger partial charge in [-0.2, -0.15) is 0 Å². The summed E-state index contributed by atoms with van der Waals surface area (Å²) in [4.78, 5) is 12.1. The van der Waals surface area contributed by atoms with Gasteiger partial charge < -0.3 is 10.1 Å². The molecule has 0 unspecified atom stereocenters. The monoisotopic (exact) mass is 454 g/mol. The van der Waals surface area contributed by atoms with Crippen molar-refractivity contribution in [1.82, 2.24) is 0 Å². The Balaban J connectivity index is 2.21. The molecule has 6 nitrogen and oxygen atoms in total. The van der Waals surface area contributed by atoms with Crippen molar-refractivity contribution in [2.24, 2.45) is 0 Å². The molecule has 0 aliphatic carbocycles. The number of carbonyl (C=O) groups is 1. The molecule has 0 radical (unpaired) electrons. The summed E-state index contributed by atoms with van der Waals surface area (Å²) < 4.78 is 33.9. The molecule has 146 valence electrons. The van der Waals surface area contributed by atoms with Gasteiger partial charge in [-0.25, -0.2) is 8.42 Å². The maximum absolute atomic E-state index is 12.7. The van der Waals surface area contributed by atoms with Crippen LogP contribution in [0.3, 0.4) is 0 Å². The van der Waals surface area contributed by atoms with Gasteiger partial charge in [-0.3, -0.25) is 9.52 Å². The summed E-state index contributed by atoms with van der Waals surface area (Å²) in [5.74, 6) is 0.235. The smallest absolute Gasteiger partial charge is 0.261 e. The number of unbranched alkanes of at least 4 members (excludes halogenated alkanes) is 2. The average molecular weight is 455 g/mol. The zero-order valence-electron chi connectivity index (χ0n) is 15.3. The van der Waals surface area contributed by atoms with Crippen LogP contribution in [-0.2, 0) is 14.8 Å². The van der Waals surface area contributed by atoms with Crippen LogP contribution in [0.25, 0.3) is 0 Å². The molecule has 0 spiro atoms. The summed E-state index contributed by atoms with van der Waals surface area (Å²) in [6, 6.07) is 11.2. The van der Waals surface area contributed by atoms with E-state index in [1.54, 1.807) is 24.3 Å². The van der Waals surface area contributed by atoms with Gasteiger partial charge in [0.05, 0.1) is 17.7 Å². The van der Waals surface area contributed by atoms with Crippen LogP contribution < -0.4 is 14.8 Å². The fourth-order valence-electron chi connectivity index (χ4n) is 2.43. The minimum absolute atomic E-state index is 0.0371. The van der Waals surface area contributed by atoms with Gasteiger partial charge in [0.2, 0.25) is 5.91 Å². The van der Waals surface area contributed by atoms with Crippen LogP contribution in [0.15, 0.2) is 51.8 Å². The van der Waals surface area contributed by atoms with Crippen LogP contribution in [0.1, 0.15) is 32.6 Å². The molecule has 0 bridgehead atoms. The minimum atomic E-state index is -3.80. The number of halogens is 1. The second-order valence-corrected chi connectivity index (χ2v) is 8.58. The Labute approximate surface area is 168 Å². The van der Waals surface area contributed by atoms with Crippen LogP contribution in [-0.4, -0.2) is 21.4 Å². The largest absolute Gasteiger partial charge is 0.495 e. The van der Waals surface area contributed by atoms with Gasteiger partial charge in [-0.1, -0.05) is 35.7 Å². The molecule has 2 aromatic carbocycles. The van der Waals surface area contributed by atoms with Crippen LogP contribution in [0, 0.1) is 0 Å². The Morgan fingerprint density at radius 1 is 1.11 bits per heavy atom. The molecular weight excluding hydrogens is 432 g/mol. The molecule has 0 saturated heterocycles. The second-order valence-electron chi connectivity index (χ2n) is 5.98. The summed E-state index contributed by atoms with van der Waals surface area (Å²) in [7, 11) is -2.33. The Bertz CT molecular complexity index is 883. The summed E-state index contributed by atoms with van der Waals surface area (Å²) in [6.07, 6.45) is 3.15. The number of methoxy groups -OCH3 is 1. The summed E-state index contributed by atoms with van der Waals surface area (Å²) in [5.41, 5.74) is 0.775. The molecule has 2 rings (SSSR count). The van der Waals surface area contributed by atoms with E-state index in [1.807, 2.05) is 0 Å². The van der Waals surface area contributed by atoms with Gasteiger partial charge in [0.15, 0.2) is 0 Å². The molecular formula is C19H23BrN2O4S. The third-order valence-corrected chi connectivity index (χ3v) is 5.77. The number of hydrogen-bond acceptors (Lipinski definition) is 4. The van der Waals surface area contributed by atoms with E-state index < -0.39 is 10.0 Å². The van der Waals surface area contributed by atoms with E-state index >= 15 is 0 Å². The third-order valence-electron chi connectivity index (χ3n) is 3.86. The zero-order valence-corrected chi connectivity index (χ0v) is 17.7. The van der Waals surface area contributed by atoms with Crippen molar-refractivity contribution < 1.29 is 17.9 Å². The predicted octanol–water partition coefficient (Wildman–Crippen LogP) is 4.78. The quantitative estimate of drug-likeness (QED) is 0.533. The molecule has 0 aliphatic rings. The fourth-order valence-corrected chi connectivity index (χ4v) is 3.78. The number of hydrogen-bond donors (Lipinski definition) is 2. The molecule has 0 saturated carbocycles. The molecule has 0 fully saturated rings. The molecule has 8 heteroatoms. The summed E-state index contributed by atoms with van der Waals surface area (Å²) in [5, 5.41) is 2.74. The summed E-state index contributed by atoms with van der Waals surface area (Å²) >= 11 is 3.31. The Morgan fingerprint density at radius 2 is 1.81 bits per heavy atom. The van der Waals surface area contributed by atoms with E-state index in [1.165, 1.54) is 25.3 Å². The standard InChI is InChI=1S/C19H23BrN2O4S/c1-3-4-5-6-19(23)21-17-13-16(11-12-18(17)26-2)27(24,25)22-15-9-7-14(20)8-10-15/h7-13,22H,3-6H2,1-2H3,(H,21,23). The van der Waals surface area contributed by atoms with Crippen molar-refractivity contribution in [2.45, 2.75) is 37.5 Å². The fraction of sp³-hybridized carbons (Fsp3) is 0.316. The van der Waals surface area contributed by atoms with Crippen LogP contribution >= 0.6 is 15.9 Å². The highest BCUT2D eigenvalue weighted by atomic mass is 79.9. The van der Waals surface area contributed by atoms with Gasteiger partial charge >= 0.3 is 0 Å². The predicted molar refractivity (Wildman–Crippen MR) is 111 cm³/mol. The number of carbonyl (C=O) groups excluding carboxylic acids is 1. The van der Waals surface area contributed by atoms with Crippen LogP contribution in [0.4, 0.5) is 11.4 Å². The van der Waals surface area contributed by atoms with Crippen molar-refractivity contribution >= 4 is 43.2 Å². The number of benzene rings is 2. The van der Waals surface area contributed by atoms with Crippen LogP contribution in [0.5, 0.6) is 5.75 Å². The number of amides is 1. The first kappa shape index (κ1) is 21.2. The van der Waals surface area contributed by atoms with E-state index in [-0.39, 0.29) is 10.8 Å². The lowest BCUT2D eigenvalue weighted by atomic mass is 10.2. The number of ether oxygens (including phenoxy) is 1. The van der Waals surface area contributed by atoms with Gasteiger partial charge in [0.25, 0.3) is 10.0 Å². The van der Waals surface area contributed by atoms with Crippen molar-refractivity contribution in [1.29, 1.82) is 0 Å². The SMILES string of the molecule is CCCCCC(=O)Nc1cc(S(=O)(=O)Nc2ccc(Br)cc2)ccc1OC. The van der Waals surface area contributed by atoms with E-state index in [0.717, 1.165) is 23.7 Å². The van der Waals surface area contributed by atoms with E-state index in [4.69, 9.17) is 4.74 Å². The molecule has 27 heavy (non-hydrogen) atoms. The first-order valence-corrected chi connectivity index (χ1v) is 10.9. The lowest BCUT2D eigenvalue weighted by molar-refractivity contribution is -0.116. The molecule has 0 heterocycles. The maximum Gasteiger partial charge on any atom is 0.261 e. The number of rotatable bonds is 9. The molecule has 0 aliphatic heterocycles. The molecule has 2 aromatic rings. The lowest BCUT2D eigenvalue weighted by Gasteiger charge is -2.13. The first-order valence-electron chi connectivity index (χ1n) is 8.62. The van der Waals surface area contributed by atoms with Crippen molar-refractivity contribution in [3.05, 3.63) is 46.9 Å². The number of nitrogens with one attached hydrogen (secondary N) is 2. The molecule has 0 atom stereocenters. The van der Waals surface area contributed by atoms with Gasteiger partial charge in [0.1, 0.15) is 5.75 Å². The first-order chi connectivity index (χ1) is 12.9. The lowest BCUT2D eigenvalue weighted by Crippen LogP contribution is -2.15. The topological polar surface area (TPSA) is 84.5 Å². The highest BCUT2D eigenvalue weighted by Crippen LogP contribution is 2.29. The van der Waals surface area contributed by atoms with Crippen molar-refractivity contribution in [3.8, 4) is 5.75 Å². The zero-order chi connectivity index (χ0) is 19.9. The highest BCUT2D eigenvalue weighted by molar-refractivity contribution is 9.10. The molecule has 0 aromatic heterocycles. The Morgan fingerprint density at radius 3 is 2.44 bits per heavy atom. The number of sulfonamides is 1. The molecule has 2 N–H and O–H groups in total. The summed E-state index contributed by atoms with van der Waals surface area (Å²) in [6.45, 7) is 2.06. The van der Waals surface area contributed by atoms with E-state index in [9.17, 15) is 13.2 Å². The molecule has 1 amide bonds. The normalized spacial score (nSPS) is 11.1. The number of anilines is 2. The van der Waals surface area contributed by atoms with Crippen LogP contribution in [0.2, 0.25) is 0 Å². The second kappa shape index (κ2) is 9.75. The highest BCUT2D eigenvalue weighted by Gasteiger charge is 2.18. The minimum Gasteiger partial charge on any atom is -0.495 e. The Hall–Kier alpha value is -2.06. The Kier molecular flexibility index (Phi) is 7.67. The van der Waals surface area contributed by atoms with Crippen molar-refractivity contribution in [2.75, 3.05) is 17.1 Å². The van der Waals surface area contributed by atoms with Gasteiger partial charge in [0, 0.05) is 16.6 Å². The van der Waals surface area contributed by atoms with Gasteiger partial charge in [-0.05, 0) is 48.9 Å². The average Bonchev–Trinajstić information content (AvgIpc) is 2.63. The van der Waals surface area contributed by atoms with Gasteiger partial charge in [-0.15, -0.1) is 0 Å². The van der Waals surface area contributed by atoms with Crippen molar-refractivity contribution in [3.63, 3.8) is 0 Å². The van der Waals surface area contributed by atoms with E-state index in [0.29, 0.717) is 23.5 Å².